The summed E-state index contributed by atoms with van der Waals surface area (Å²) in [6.45, 7) is 7.73. The van der Waals surface area contributed by atoms with Gasteiger partial charge in [0.1, 0.15) is 0 Å². The van der Waals surface area contributed by atoms with Crippen molar-refractivity contribution in [1.29, 1.82) is 0 Å². The summed E-state index contributed by atoms with van der Waals surface area (Å²) in [5, 5.41) is 5.76. The van der Waals surface area contributed by atoms with Crippen LogP contribution in [0.25, 0.3) is 0 Å². The van der Waals surface area contributed by atoms with Gasteiger partial charge >= 0.3 is 0 Å². The van der Waals surface area contributed by atoms with E-state index in [-0.39, 0.29) is 11.8 Å². The summed E-state index contributed by atoms with van der Waals surface area (Å²) in [6, 6.07) is 0. The van der Waals surface area contributed by atoms with E-state index in [0.29, 0.717) is 24.6 Å². The number of carbonyl (C=O) groups excluding carboxylic acids is 2. The minimum absolute atomic E-state index is 0.0351. The number of piperazine rings is 1. The van der Waals surface area contributed by atoms with Crippen molar-refractivity contribution >= 4 is 35.0 Å². The SMILES string of the molecule is O=C(CCCl)NCCCN1CCN(CCCNC(=O)CCCl)CC1. The lowest BCUT2D eigenvalue weighted by atomic mass is 10.2. The maximum Gasteiger partial charge on any atom is 0.221 e. The van der Waals surface area contributed by atoms with Crippen LogP contribution in [0.2, 0.25) is 0 Å². The van der Waals surface area contributed by atoms with Crippen LogP contribution in [0.3, 0.4) is 0 Å². The highest BCUT2D eigenvalue weighted by Crippen LogP contribution is 2.03. The Bertz CT molecular complexity index is 330. The standard InChI is InChI=1S/C16H30Cl2N4O2/c17-5-3-15(23)19-7-1-9-21-11-13-22(14-12-21)10-2-8-20-16(24)4-6-18/h1-14H2,(H,19,23)(H,20,24). The molecule has 1 rings (SSSR count). The molecule has 1 aliphatic heterocycles. The first-order valence-corrected chi connectivity index (χ1v) is 9.82. The summed E-state index contributed by atoms with van der Waals surface area (Å²) in [7, 11) is 0. The summed E-state index contributed by atoms with van der Waals surface area (Å²) < 4.78 is 0. The highest BCUT2D eigenvalue weighted by molar-refractivity contribution is 6.19. The molecular weight excluding hydrogens is 351 g/mol. The fraction of sp³-hybridized carbons (Fsp3) is 0.875. The second-order valence-corrected chi connectivity index (χ2v) is 6.72. The highest BCUT2D eigenvalue weighted by Gasteiger charge is 2.15. The zero-order valence-corrected chi connectivity index (χ0v) is 15.9. The van der Waals surface area contributed by atoms with Crippen LogP contribution >= 0.6 is 23.2 Å². The van der Waals surface area contributed by atoms with Gasteiger partial charge in [0.25, 0.3) is 0 Å². The fourth-order valence-electron chi connectivity index (χ4n) is 2.65. The molecule has 1 heterocycles. The van der Waals surface area contributed by atoms with E-state index in [0.717, 1.165) is 65.2 Å². The third kappa shape index (κ3) is 10.3. The van der Waals surface area contributed by atoms with Gasteiger partial charge in [-0.25, -0.2) is 0 Å². The number of amides is 2. The zero-order chi connectivity index (χ0) is 17.6. The number of halogens is 2. The van der Waals surface area contributed by atoms with E-state index in [1.165, 1.54) is 0 Å². The molecule has 1 saturated heterocycles. The molecule has 0 spiro atoms. The zero-order valence-electron chi connectivity index (χ0n) is 14.4. The molecule has 2 N–H and O–H groups in total. The molecule has 6 nitrogen and oxygen atoms in total. The topological polar surface area (TPSA) is 64.7 Å². The summed E-state index contributed by atoms with van der Waals surface area (Å²) in [5.74, 6) is 0.829. The van der Waals surface area contributed by atoms with Gasteiger partial charge in [-0.05, 0) is 25.9 Å². The number of hydrogen-bond donors (Lipinski definition) is 2. The van der Waals surface area contributed by atoms with Gasteiger partial charge in [0.15, 0.2) is 0 Å². The molecule has 1 fully saturated rings. The molecule has 0 radical (unpaired) electrons. The van der Waals surface area contributed by atoms with Crippen molar-refractivity contribution in [3.05, 3.63) is 0 Å². The molecule has 0 aliphatic carbocycles. The number of alkyl halides is 2. The predicted octanol–water partition coefficient (Wildman–Crippen LogP) is 0.874. The second kappa shape index (κ2) is 13.7. The normalized spacial score (nSPS) is 16.1. The quantitative estimate of drug-likeness (QED) is 0.389. The molecule has 8 heteroatoms. The van der Waals surface area contributed by atoms with Crippen LogP contribution in [0.1, 0.15) is 25.7 Å². The first-order chi connectivity index (χ1) is 11.7. The molecule has 24 heavy (non-hydrogen) atoms. The summed E-state index contributed by atoms with van der Waals surface area (Å²) in [5.41, 5.74) is 0. The third-order valence-corrected chi connectivity index (χ3v) is 4.43. The van der Waals surface area contributed by atoms with E-state index in [9.17, 15) is 9.59 Å². The van der Waals surface area contributed by atoms with Gasteiger partial charge in [-0.15, -0.1) is 23.2 Å². The Hall–Kier alpha value is -0.560. The molecule has 2 amide bonds. The maximum atomic E-state index is 11.3. The lowest BCUT2D eigenvalue weighted by Gasteiger charge is -2.34. The molecule has 0 aromatic rings. The van der Waals surface area contributed by atoms with Crippen molar-refractivity contribution in [2.75, 3.05) is 64.1 Å². The number of hydrogen-bond acceptors (Lipinski definition) is 4. The average molecular weight is 381 g/mol. The Kier molecular flexibility index (Phi) is 12.3. The van der Waals surface area contributed by atoms with Crippen LogP contribution in [0.15, 0.2) is 0 Å². The Morgan fingerprint density at radius 3 is 1.46 bits per heavy atom. The first kappa shape index (κ1) is 21.5. The molecule has 0 aromatic carbocycles. The van der Waals surface area contributed by atoms with Crippen molar-refractivity contribution in [3.63, 3.8) is 0 Å². The molecule has 0 bridgehead atoms. The molecule has 1 aliphatic rings. The third-order valence-electron chi connectivity index (χ3n) is 4.05. The number of nitrogens with one attached hydrogen (secondary N) is 2. The van der Waals surface area contributed by atoms with E-state index in [1.807, 2.05) is 0 Å². The summed E-state index contributed by atoms with van der Waals surface area (Å²) >= 11 is 11.0. The van der Waals surface area contributed by atoms with Gasteiger partial charge in [-0.2, -0.15) is 0 Å². The van der Waals surface area contributed by atoms with Gasteiger partial charge in [-0.1, -0.05) is 0 Å². The van der Waals surface area contributed by atoms with Gasteiger partial charge in [0.2, 0.25) is 11.8 Å². The van der Waals surface area contributed by atoms with Crippen LogP contribution in [-0.2, 0) is 9.59 Å². The monoisotopic (exact) mass is 380 g/mol. The largest absolute Gasteiger partial charge is 0.356 e. The Morgan fingerprint density at radius 2 is 1.12 bits per heavy atom. The summed E-state index contributed by atoms with van der Waals surface area (Å²) in [4.78, 5) is 27.5. The van der Waals surface area contributed by atoms with Gasteiger partial charge in [0, 0.05) is 63.9 Å². The van der Waals surface area contributed by atoms with E-state index < -0.39 is 0 Å². The smallest absolute Gasteiger partial charge is 0.221 e. The molecule has 0 atom stereocenters. The van der Waals surface area contributed by atoms with Crippen molar-refractivity contribution in [1.82, 2.24) is 20.4 Å². The van der Waals surface area contributed by atoms with Crippen LogP contribution in [0, 0.1) is 0 Å². The van der Waals surface area contributed by atoms with E-state index in [1.54, 1.807) is 0 Å². The number of rotatable bonds is 12. The lowest BCUT2D eigenvalue weighted by molar-refractivity contribution is -0.121. The van der Waals surface area contributed by atoms with E-state index in [4.69, 9.17) is 23.2 Å². The van der Waals surface area contributed by atoms with Crippen molar-refractivity contribution in [3.8, 4) is 0 Å². The molecular formula is C16H30Cl2N4O2. The highest BCUT2D eigenvalue weighted by atomic mass is 35.5. The second-order valence-electron chi connectivity index (χ2n) is 5.97. The van der Waals surface area contributed by atoms with Gasteiger partial charge < -0.3 is 20.4 Å². The molecule has 0 saturated carbocycles. The van der Waals surface area contributed by atoms with Gasteiger partial charge in [0.05, 0.1) is 0 Å². The Labute approximate surface area is 155 Å². The minimum atomic E-state index is 0.0351. The van der Waals surface area contributed by atoms with Crippen molar-refractivity contribution in [2.45, 2.75) is 25.7 Å². The first-order valence-electron chi connectivity index (χ1n) is 8.75. The van der Waals surface area contributed by atoms with Crippen molar-refractivity contribution in [2.24, 2.45) is 0 Å². The van der Waals surface area contributed by atoms with E-state index >= 15 is 0 Å². The van der Waals surface area contributed by atoms with E-state index in [2.05, 4.69) is 20.4 Å². The number of carbonyl (C=O) groups is 2. The number of nitrogens with zero attached hydrogens (tertiary/aromatic N) is 2. The Balaban J connectivity index is 1.98. The van der Waals surface area contributed by atoms with Crippen LogP contribution < -0.4 is 10.6 Å². The predicted molar refractivity (Wildman–Crippen MR) is 98.8 cm³/mol. The van der Waals surface area contributed by atoms with Crippen LogP contribution in [0.4, 0.5) is 0 Å². The average Bonchev–Trinajstić information content (AvgIpc) is 2.57. The van der Waals surface area contributed by atoms with Crippen LogP contribution in [0.5, 0.6) is 0 Å². The van der Waals surface area contributed by atoms with Gasteiger partial charge in [-0.3, -0.25) is 9.59 Å². The lowest BCUT2D eigenvalue weighted by Crippen LogP contribution is -2.47. The molecule has 0 unspecified atom stereocenters. The minimum Gasteiger partial charge on any atom is -0.356 e. The van der Waals surface area contributed by atoms with Crippen LogP contribution in [-0.4, -0.2) is 85.7 Å². The molecule has 140 valence electrons. The Morgan fingerprint density at radius 1 is 0.750 bits per heavy atom. The fourth-order valence-corrected chi connectivity index (χ4v) is 2.99. The summed E-state index contributed by atoms with van der Waals surface area (Å²) in [6.07, 6.45) is 2.74. The maximum absolute atomic E-state index is 11.3. The molecule has 0 aromatic heterocycles. The van der Waals surface area contributed by atoms with Crippen molar-refractivity contribution < 1.29 is 9.59 Å².